The molecule has 1 aromatic rings. The van der Waals surface area contributed by atoms with Crippen molar-refractivity contribution >= 4 is 34.1 Å². The van der Waals surface area contributed by atoms with Crippen molar-refractivity contribution < 1.29 is 18.5 Å². The van der Waals surface area contributed by atoms with Crippen molar-refractivity contribution in [2.24, 2.45) is 0 Å². The van der Waals surface area contributed by atoms with Crippen LogP contribution in [0.1, 0.15) is 29.3 Å². The van der Waals surface area contributed by atoms with Gasteiger partial charge in [0.25, 0.3) is 12.1 Å². The van der Waals surface area contributed by atoms with Crippen molar-refractivity contribution in [3.63, 3.8) is 0 Å². The number of nitro benzene ring substituents is 1. The average Bonchev–Trinajstić information content (AvgIpc) is 2.15. The van der Waals surface area contributed by atoms with E-state index in [1.807, 2.05) is 0 Å². The molecule has 0 spiro atoms. The van der Waals surface area contributed by atoms with Crippen LogP contribution in [-0.4, -0.2) is 10.7 Å². The summed E-state index contributed by atoms with van der Waals surface area (Å²) in [6, 6.07) is 2.24. The second kappa shape index (κ2) is 4.81. The first-order valence-corrected chi connectivity index (χ1v) is 5.19. The molecule has 7 heteroatoms. The third-order valence-corrected chi connectivity index (χ3v) is 2.52. The third kappa shape index (κ3) is 2.52. The summed E-state index contributed by atoms with van der Waals surface area (Å²) >= 11 is 1.73. The number of carbonyl (C=O) groups is 1. The molecule has 0 saturated carbocycles. The highest BCUT2D eigenvalue weighted by molar-refractivity contribution is 14.1. The average molecular weight is 341 g/mol. The van der Waals surface area contributed by atoms with Gasteiger partial charge >= 0.3 is 0 Å². The molecule has 0 fully saturated rings. The lowest BCUT2D eigenvalue weighted by Gasteiger charge is -2.06. The van der Waals surface area contributed by atoms with Gasteiger partial charge in [-0.2, -0.15) is 0 Å². The highest BCUT2D eigenvalue weighted by Gasteiger charge is 2.28. The number of nitrogens with zero attached hydrogens (tertiary/aromatic N) is 1. The number of alkyl halides is 2. The van der Waals surface area contributed by atoms with E-state index in [1.165, 1.54) is 6.07 Å². The predicted molar refractivity (Wildman–Crippen MR) is 60.8 cm³/mol. The third-order valence-electron chi connectivity index (χ3n) is 1.90. The number of hydrogen-bond acceptors (Lipinski definition) is 3. The number of carbonyl (C=O) groups excluding carboxylic acids is 1. The molecule has 0 aromatic heterocycles. The molecule has 1 aromatic carbocycles. The van der Waals surface area contributed by atoms with E-state index in [2.05, 4.69) is 0 Å². The fraction of sp³-hybridized carbons (Fsp3) is 0.222. The summed E-state index contributed by atoms with van der Waals surface area (Å²) in [5, 5.41) is 10.7. The molecule has 0 atom stereocenters. The van der Waals surface area contributed by atoms with Gasteiger partial charge in [-0.25, -0.2) is 8.78 Å². The SMILES string of the molecule is CC(=O)c1cc(I)cc(C(F)F)c1[N+](=O)[O-]. The molecule has 0 aliphatic rings. The van der Waals surface area contributed by atoms with Crippen LogP contribution in [0, 0.1) is 13.7 Å². The summed E-state index contributed by atoms with van der Waals surface area (Å²) in [7, 11) is 0. The van der Waals surface area contributed by atoms with Crippen molar-refractivity contribution in [2.45, 2.75) is 13.3 Å². The minimum Gasteiger partial charge on any atom is -0.294 e. The molecule has 0 unspecified atom stereocenters. The van der Waals surface area contributed by atoms with Gasteiger partial charge in [-0.3, -0.25) is 14.9 Å². The van der Waals surface area contributed by atoms with Gasteiger partial charge < -0.3 is 0 Å². The summed E-state index contributed by atoms with van der Waals surface area (Å²) in [6.45, 7) is 1.10. The first-order chi connectivity index (χ1) is 7.34. The van der Waals surface area contributed by atoms with E-state index in [4.69, 9.17) is 0 Å². The maximum Gasteiger partial charge on any atom is 0.289 e. The van der Waals surface area contributed by atoms with Gasteiger partial charge in [0.05, 0.1) is 16.1 Å². The Morgan fingerprint density at radius 1 is 1.50 bits per heavy atom. The maximum absolute atomic E-state index is 12.6. The van der Waals surface area contributed by atoms with Crippen molar-refractivity contribution in [3.8, 4) is 0 Å². The lowest BCUT2D eigenvalue weighted by molar-refractivity contribution is -0.386. The van der Waals surface area contributed by atoms with Crippen LogP contribution in [0.2, 0.25) is 0 Å². The van der Waals surface area contributed by atoms with Gasteiger partial charge in [0.2, 0.25) is 0 Å². The second-order valence-electron chi connectivity index (χ2n) is 3.01. The fourth-order valence-electron chi connectivity index (χ4n) is 1.26. The van der Waals surface area contributed by atoms with E-state index < -0.39 is 28.4 Å². The zero-order valence-electron chi connectivity index (χ0n) is 8.04. The molecule has 0 heterocycles. The molecule has 0 aliphatic heterocycles. The van der Waals surface area contributed by atoms with Crippen molar-refractivity contribution in [2.75, 3.05) is 0 Å². The van der Waals surface area contributed by atoms with Crippen LogP contribution >= 0.6 is 22.6 Å². The Balaban J connectivity index is 3.60. The molecular formula is C9H6F2INO3. The quantitative estimate of drug-likeness (QED) is 0.367. The summed E-state index contributed by atoms with van der Waals surface area (Å²) in [5.74, 6) is -0.605. The lowest BCUT2D eigenvalue weighted by atomic mass is 10.0. The zero-order valence-corrected chi connectivity index (χ0v) is 10.2. The summed E-state index contributed by atoms with van der Waals surface area (Å²) < 4.78 is 25.5. The Morgan fingerprint density at radius 2 is 2.06 bits per heavy atom. The first kappa shape index (κ1) is 12.9. The van der Waals surface area contributed by atoms with E-state index in [0.717, 1.165) is 13.0 Å². The molecule has 0 saturated heterocycles. The topological polar surface area (TPSA) is 60.2 Å². The summed E-state index contributed by atoms with van der Waals surface area (Å²) in [6.07, 6.45) is -2.98. The Bertz CT molecular complexity index is 462. The summed E-state index contributed by atoms with van der Waals surface area (Å²) in [5.41, 5.74) is -1.81. The molecule has 0 N–H and O–H groups in total. The van der Waals surface area contributed by atoms with Gasteiger partial charge in [0.15, 0.2) is 5.78 Å². The van der Waals surface area contributed by atoms with Crippen molar-refractivity contribution in [1.29, 1.82) is 0 Å². The largest absolute Gasteiger partial charge is 0.294 e. The highest BCUT2D eigenvalue weighted by Crippen LogP contribution is 2.33. The van der Waals surface area contributed by atoms with E-state index in [0.29, 0.717) is 3.57 Å². The Hall–Kier alpha value is -1.12. The fourth-order valence-corrected chi connectivity index (χ4v) is 1.91. The minimum absolute atomic E-state index is 0.285. The summed E-state index contributed by atoms with van der Waals surface area (Å²) in [4.78, 5) is 20.9. The van der Waals surface area contributed by atoms with Crippen molar-refractivity contribution in [1.82, 2.24) is 0 Å². The van der Waals surface area contributed by atoms with Crippen LogP contribution in [0.5, 0.6) is 0 Å². The Morgan fingerprint density at radius 3 is 2.44 bits per heavy atom. The Labute approximate surface area is 103 Å². The maximum atomic E-state index is 12.6. The first-order valence-electron chi connectivity index (χ1n) is 4.11. The number of nitro groups is 1. The van der Waals surface area contributed by atoms with Gasteiger partial charge in [-0.15, -0.1) is 0 Å². The van der Waals surface area contributed by atoms with Gasteiger partial charge in [-0.05, 0) is 41.6 Å². The smallest absolute Gasteiger partial charge is 0.289 e. The van der Waals surface area contributed by atoms with Crippen LogP contribution in [0.25, 0.3) is 0 Å². The van der Waals surface area contributed by atoms with Gasteiger partial charge in [-0.1, -0.05) is 0 Å². The number of Topliss-reactive ketones (excluding diaryl/α,β-unsaturated/α-hetero) is 1. The van der Waals surface area contributed by atoms with Gasteiger partial charge in [0.1, 0.15) is 0 Å². The number of ketones is 1. The van der Waals surface area contributed by atoms with Crippen LogP contribution in [0.4, 0.5) is 14.5 Å². The monoisotopic (exact) mass is 341 g/mol. The van der Waals surface area contributed by atoms with Crippen LogP contribution in [-0.2, 0) is 0 Å². The number of benzene rings is 1. The normalized spacial score (nSPS) is 10.6. The molecule has 0 bridgehead atoms. The van der Waals surface area contributed by atoms with Crippen LogP contribution in [0.15, 0.2) is 12.1 Å². The van der Waals surface area contributed by atoms with Crippen LogP contribution < -0.4 is 0 Å². The van der Waals surface area contributed by atoms with E-state index in [-0.39, 0.29) is 5.56 Å². The highest BCUT2D eigenvalue weighted by atomic mass is 127. The molecule has 86 valence electrons. The lowest BCUT2D eigenvalue weighted by Crippen LogP contribution is -2.05. The number of hydrogen-bond donors (Lipinski definition) is 0. The molecular weight excluding hydrogens is 335 g/mol. The molecule has 1 rings (SSSR count). The molecule has 0 aliphatic carbocycles. The number of halogens is 3. The molecule has 0 radical (unpaired) electrons. The predicted octanol–water partition coefficient (Wildman–Crippen LogP) is 3.34. The number of rotatable bonds is 3. The Kier molecular flexibility index (Phi) is 3.89. The minimum atomic E-state index is -2.98. The molecule has 0 amide bonds. The van der Waals surface area contributed by atoms with Crippen molar-refractivity contribution in [3.05, 3.63) is 36.9 Å². The second-order valence-corrected chi connectivity index (χ2v) is 4.25. The molecule has 4 nitrogen and oxygen atoms in total. The van der Waals surface area contributed by atoms with E-state index in [9.17, 15) is 23.7 Å². The van der Waals surface area contributed by atoms with Gasteiger partial charge in [0, 0.05) is 3.57 Å². The molecule has 16 heavy (non-hydrogen) atoms. The van der Waals surface area contributed by atoms with Crippen LogP contribution in [0.3, 0.4) is 0 Å². The van der Waals surface area contributed by atoms with E-state index in [1.54, 1.807) is 22.6 Å². The van der Waals surface area contributed by atoms with E-state index >= 15 is 0 Å². The standard InChI is InChI=1S/C9H6F2INO3/c1-4(14)6-2-5(12)3-7(9(10)11)8(6)13(15)16/h2-3,9H,1H3. The zero-order chi connectivity index (χ0) is 12.5.